The van der Waals surface area contributed by atoms with Crippen molar-refractivity contribution in [3.63, 3.8) is 0 Å². The van der Waals surface area contributed by atoms with Gasteiger partial charge < -0.3 is 5.11 Å². The molecule has 0 aliphatic carbocycles. The van der Waals surface area contributed by atoms with Gasteiger partial charge in [-0.1, -0.05) is 30.3 Å². The first-order valence-corrected chi connectivity index (χ1v) is 5.23. The van der Waals surface area contributed by atoms with Crippen molar-refractivity contribution in [2.45, 2.75) is 11.5 Å². The van der Waals surface area contributed by atoms with Crippen molar-refractivity contribution >= 4 is 12.2 Å². The summed E-state index contributed by atoms with van der Waals surface area (Å²) < 4.78 is 0. The average Bonchev–Trinajstić information content (AvgIpc) is 2.39. The number of carbonyl (C=O) groups is 1. The summed E-state index contributed by atoms with van der Waals surface area (Å²) in [5.74, 6) is -2.42. The van der Waals surface area contributed by atoms with E-state index in [1.165, 1.54) is 6.21 Å². The molecule has 0 radical (unpaired) electrons. The van der Waals surface area contributed by atoms with Gasteiger partial charge in [-0.3, -0.25) is 15.1 Å². The van der Waals surface area contributed by atoms with E-state index in [9.17, 15) is 20.0 Å². The molecule has 0 aromatic heterocycles. The van der Waals surface area contributed by atoms with E-state index in [-0.39, 0.29) is 0 Å². The van der Waals surface area contributed by atoms with Gasteiger partial charge in [-0.05, 0) is 5.56 Å². The van der Waals surface area contributed by atoms with Crippen LogP contribution in [-0.2, 0) is 4.79 Å². The van der Waals surface area contributed by atoms with Gasteiger partial charge >= 0.3 is 11.5 Å². The topological polar surface area (TPSA) is 92.8 Å². The fourth-order valence-electron chi connectivity index (χ4n) is 1.97. The van der Waals surface area contributed by atoms with Crippen LogP contribution in [0.3, 0.4) is 0 Å². The van der Waals surface area contributed by atoms with Crippen LogP contribution in [0.4, 0.5) is 0 Å². The van der Waals surface area contributed by atoms with Crippen LogP contribution < -0.4 is 0 Å². The van der Waals surface area contributed by atoms with Crippen molar-refractivity contribution in [3.8, 4) is 0 Å². The van der Waals surface area contributed by atoms with Gasteiger partial charge in [0.05, 0.1) is 0 Å². The zero-order valence-corrected chi connectivity index (χ0v) is 9.26. The molecule has 1 heterocycles. The number of aliphatic imine (C=N–C) groups is 1. The van der Waals surface area contributed by atoms with Gasteiger partial charge in [0, 0.05) is 23.4 Å². The largest absolute Gasteiger partial charge is 0.476 e. The number of benzene rings is 1. The van der Waals surface area contributed by atoms with Crippen LogP contribution >= 0.6 is 0 Å². The van der Waals surface area contributed by atoms with Gasteiger partial charge in [0.15, 0.2) is 0 Å². The van der Waals surface area contributed by atoms with E-state index in [4.69, 9.17) is 0 Å². The van der Waals surface area contributed by atoms with E-state index < -0.39 is 22.3 Å². The summed E-state index contributed by atoms with van der Waals surface area (Å²) in [6.07, 6.45) is 3.47. The maximum Gasteiger partial charge on any atom is 0.387 e. The maximum absolute atomic E-state index is 11.3. The average molecular weight is 246 g/mol. The number of rotatable bonds is 3. The van der Waals surface area contributed by atoms with Gasteiger partial charge in [-0.25, -0.2) is 4.79 Å². The third kappa shape index (κ3) is 1.67. The van der Waals surface area contributed by atoms with Crippen LogP contribution in [0.25, 0.3) is 0 Å². The fourth-order valence-corrected chi connectivity index (χ4v) is 1.97. The lowest BCUT2D eigenvalue weighted by Crippen LogP contribution is -2.51. The molecule has 6 heteroatoms. The standard InChI is InChI=1S/C12H10N2O4/c15-11(16)12(14(17)18)6-7-13-8-10(12)9-4-2-1-3-5-9/h1-8,10H,(H,15,16). The lowest BCUT2D eigenvalue weighted by molar-refractivity contribution is -0.542. The highest BCUT2D eigenvalue weighted by Gasteiger charge is 2.57. The molecule has 18 heavy (non-hydrogen) atoms. The molecular weight excluding hydrogens is 236 g/mol. The van der Waals surface area contributed by atoms with Gasteiger partial charge in [0.2, 0.25) is 0 Å². The Balaban J connectivity index is 2.57. The molecule has 92 valence electrons. The van der Waals surface area contributed by atoms with Crippen LogP contribution in [-0.4, -0.2) is 27.8 Å². The zero-order chi connectivity index (χ0) is 13.2. The smallest absolute Gasteiger partial charge is 0.387 e. The zero-order valence-electron chi connectivity index (χ0n) is 9.26. The molecule has 6 nitrogen and oxygen atoms in total. The number of carboxylic acid groups (broad SMARTS) is 1. The number of nitro groups is 1. The summed E-state index contributed by atoms with van der Waals surface area (Å²) in [6.45, 7) is 0. The van der Waals surface area contributed by atoms with Gasteiger partial charge in [0.25, 0.3) is 0 Å². The van der Waals surface area contributed by atoms with Crippen molar-refractivity contribution in [1.29, 1.82) is 0 Å². The molecule has 0 spiro atoms. The van der Waals surface area contributed by atoms with Crippen LogP contribution in [0, 0.1) is 10.1 Å². The van der Waals surface area contributed by atoms with Gasteiger partial charge in [-0.15, -0.1) is 0 Å². The molecule has 0 fully saturated rings. The predicted molar refractivity (Wildman–Crippen MR) is 64.2 cm³/mol. The second-order valence-electron chi connectivity index (χ2n) is 3.89. The molecule has 0 amide bonds. The van der Waals surface area contributed by atoms with E-state index in [1.54, 1.807) is 30.3 Å². The molecule has 1 aliphatic heterocycles. The normalized spacial score (nSPS) is 25.9. The third-order valence-electron chi connectivity index (χ3n) is 2.93. The predicted octanol–water partition coefficient (Wildman–Crippen LogP) is 1.47. The number of hydrogen-bond donors (Lipinski definition) is 1. The van der Waals surface area contributed by atoms with E-state index in [0.717, 1.165) is 12.3 Å². The van der Waals surface area contributed by atoms with Crippen molar-refractivity contribution < 1.29 is 14.8 Å². The summed E-state index contributed by atoms with van der Waals surface area (Å²) in [6, 6.07) is 8.46. The Morgan fingerprint density at radius 2 is 2.06 bits per heavy atom. The highest BCUT2D eigenvalue weighted by Crippen LogP contribution is 2.33. The molecule has 2 rings (SSSR count). The molecule has 2 atom stereocenters. The summed E-state index contributed by atoms with van der Waals surface area (Å²) in [4.78, 5) is 25.6. The highest BCUT2D eigenvalue weighted by atomic mass is 16.6. The lowest BCUT2D eigenvalue weighted by Gasteiger charge is -2.26. The molecular formula is C12H10N2O4. The SMILES string of the molecule is O=C(O)C1([N+](=O)[O-])C=CN=CC1c1ccccc1. The monoisotopic (exact) mass is 246 g/mol. The van der Waals surface area contributed by atoms with Crippen LogP contribution in [0.15, 0.2) is 47.6 Å². The minimum absolute atomic E-state index is 0.546. The van der Waals surface area contributed by atoms with Crippen LogP contribution in [0.1, 0.15) is 11.5 Å². The Morgan fingerprint density at radius 3 is 2.61 bits per heavy atom. The van der Waals surface area contributed by atoms with E-state index in [0.29, 0.717) is 5.56 Å². The highest BCUT2D eigenvalue weighted by molar-refractivity contribution is 5.89. The van der Waals surface area contributed by atoms with Crippen LogP contribution in [0.5, 0.6) is 0 Å². The Morgan fingerprint density at radius 1 is 1.39 bits per heavy atom. The number of nitrogens with zero attached hydrogens (tertiary/aromatic N) is 2. The first kappa shape index (κ1) is 12.0. The van der Waals surface area contributed by atoms with Crippen molar-refractivity contribution in [1.82, 2.24) is 0 Å². The number of carboxylic acids is 1. The molecule has 1 aromatic carbocycles. The van der Waals surface area contributed by atoms with Crippen LogP contribution in [0.2, 0.25) is 0 Å². The van der Waals surface area contributed by atoms with Crippen molar-refractivity contribution in [2.24, 2.45) is 4.99 Å². The third-order valence-corrected chi connectivity index (χ3v) is 2.93. The molecule has 1 aliphatic rings. The Labute approximate surface area is 102 Å². The van der Waals surface area contributed by atoms with E-state index >= 15 is 0 Å². The fraction of sp³-hybridized carbons (Fsp3) is 0.167. The van der Waals surface area contributed by atoms with Gasteiger partial charge in [-0.2, -0.15) is 0 Å². The Bertz CT molecular complexity index is 522. The van der Waals surface area contributed by atoms with Crippen molar-refractivity contribution in [3.05, 3.63) is 58.3 Å². The molecule has 0 bridgehead atoms. The summed E-state index contributed by atoms with van der Waals surface area (Å²) in [7, 11) is 0. The van der Waals surface area contributed by atoms with E-state index in [2.05, 4.69) is 4.99 Å². The summed E-state index contributed by atoms with van der Waals surface area (Å²) in [5.41, 5.74) is -1.65. The lowest BCUT2D eigenvalue weighted by atomic mass is 9.79. The van der Waals surface area contributed by atoms with Gasteiger partial charge in [0.1, 0.15) is 5.92 Å². The first-order valence-electron chi connectivity index (χ1n) is 5.23. The Kier molecular flexibility index (Phi) is 2.93. The molecule has 1 aromatic rings. The minimum atomic E-state index is -2.19. The van der Waals surface area contributed by atoms with E-state index in [1.807, 2.05) is 0 Å². The summed E-state index contributed by atoms with van der Waals surface area (Å²) >= 11 is 0. The Hall–Kier alpha value is -2.50. The second kappa shape index (κ2) is 4.40. The van der Waals surface area contributed by atoms with Crippen molar-refractivity contribution in [2.75, 3.05) is 0 Å². The minimum Gasteiger partial charge on any atom is -0.476 e. The quantitative estimate of drug-likeness (QED) is 0.645. The number of hydrogen-bond acceptors (Lipinski definition) is 4. The maximum atomic E-state index is 11.3. The second-order valence-corrected chi connectivity index (χ2v) is 3.89. The molecule has 0 saturated heterocycles. The molecule has 1 N–H and O–H groups in total. The molecule has 2 unspecified atom stereocenters. The molecule has 0 saturated carbocycles. The first-order chi connectivity index (χ1) is 8.59. The summed E-state index contributed by atoms with van der Waals surface area (Å²) in [5, 5.41) is 20.4. The number of aliphatic carboxylic acids is 1.